The highest BCUT2D eigenvalue weighted by Gasteiger charge is 2.34. The molecule has 28 heavy (non-hydrogen) atoms. The molecule has 0 heterocycles. The van der Waals surface area contributed by atoms with Crippen molar-refractivity contribution in [1.29, 1.82) is 0 Å². The highest BCUT2D eigenvalue weighted by Crippen LogP contribution is 2.29. The van der Waals surface area contributed by atoms with Gasteiger partial charge in [0.25, 0.3) is 0 Å². The third-order valence-electron chi connectivity index (χ3n) is 5.51. The molecule has 1 saturated carbocycles. The van der Waals surface area contributed by atoms with Crippen LogP contribution in [0.25, 0.3) is 0 Å². The van der Waals surface area contributed by atoms with Crippen molar-refractivity contribution in [2.45, 2.75) is 71.1 Å². The maximum Gasteiger partial charge on any atom is 0.245 e. The van der Waals surface area contributed by atoms with Crippen LogP contribution in [-0.2, 0) is 14.4 Å². The first-order valence-corrected chi connectivity index (χ1v) is 10.4. The lowest BCUT2D eigenvalue weighted by molar-refractivity contribution is -0.136. The van der Waals surface area contributed by atoms with Crippen LogP contribution in [0.2, 0.25) is 0 Å². The number of ketones is 1. The molecule has 4 atom stereocenters. The second-order valence-corrected chi connectivity index (χ2v) is 8.14. The molecule has 6 N–H and O–H groups in total. The zero-order valence-electron chi connectivity index (χ0n) is 17.7. The quantitative estimate of drug-likeness (QED) is 0.331. The summed E-state index contributed by atoms with van der Waals surface area (Å²) in [4.78, 5) is 37.8. The Bertz CT molecular complexity index is 518. The molecule has 2 amide bonds. The number of nitrogens with two attached hydrogens (primary N) is 1. The van der Waals surface area contributed by atoms with E-state index in [1.54, 1.807) is 20.9 Å². The number of rotatable bonds is 11. The number of aliphatic hydroxyl groups excluding tert-OH is 1. The van der Waals surface area contributed by atoms with Crippen molar-refractivity contribution in [1.82, 2.24) is 16.0 Å². The Hall–Kier alpha value is -1.51. The molecule has 0 bridgehead atoms. The molecule has 1 aliphatic carbocycles. The molecule has 162 valence electrons. The van der Waals surface area contributed by atoms with Crippen molar-refractivity contribution >= 4 is 17.6 Å². The Labute approximate surface area is 168 Å². The van der Waals surface area contributed by atoms with Crippen LogP contribution in [0.1, 0.15) is 52.9 Å². The molecular weight excluding hydrogens is 360 g/mol. The summed E-state index contributed by atoms with van der Waals surface area (Å²) in [5.74, 6) is -1.41. The summed E-state index contributed by atoms with van der Waals surface area (Å²) in [5.41, 5.74) is 5.85. The first-order chi connectivity index (χ1) is 13.2. The number of aliphatic hydroxyl groups is 1. The van der Waals surface area contributed by atoms with Crippen LogP contribution in [0, 0.1) is 17.8 Å². The fraction of sp³-hybridized carbons (Fsp3) is 0.850. The van der Waals surface area contributed by atoms with Gasteiger partial charge in [0.2, 0.25) is 11.8 Å². The number of likely N-dealkylation sites (N-methyl/N-ethyl adjacent to an activating group) is 1. The predicted octanol–water partition coefficient (Wildman–Crippen LogP) is -0.0635. The molecule has 0 aromatic rings. The minimum Gasteiger partial charge on any atom is -0.391 e. The van der Waals surface area contributed by atoms with Crippen LogP contribution in [0.15, 0.2) is 0 Å². The highest BCUT2D eigenvalue weighted by atomic mass is 16.3. The second-order valence-electron chi connectivity index (χ2n) is 8.14. The number of carbonyl (C=O) groups is 3. The Morgan fingerprint density at radius 1 is 1.04 bits per heavy atom. The summed E-state index contributed by atoms with van der Waals surface area (Å²) in [6.45, 7) is 5.46. The smallest absolute Gasteiger partial charge is 0.245 e. The van der Waals surface area contributed by atoms with E-state index in [9.17, 15) is 19.5 Å². The molecule has 0 spiro atoms. The van der Waals surface area contributed by atoms with E-state index in [4.69, 9.17) is 5.73 Å². The van der Waals surface area contributed by atoms with E-state index in [0.29, 0.717) is 0 Å². The first-order valence-electron chi connectivity index (χ1n) is 10.4. The third-order valence-corrected chi connectivity index (χ3v) is 5.51. The fourth-order valence-electron chi connectivity index (χ4n) is 3.81. The van der Waals surface area contributed by atoms with Gasteiger partial charge < -0.3 is 26.8 Å². The lowest BCUT2D eigenvalue weighted by atomic mass is 9.79. The van der Waals surface area contributed by atoms with Crippen LogP contribution < -0.4 is 21.7 Å². The maximum atomic E-state index is 12.8. The lowest BCUT2D eigenvalue weighted by Crippen LogP contribution is -2.59. The lowest BCUT2D eigenvalue weighted by Gasteiger charge is -2.31. The van der Waals surface area contributed by atoms with Crippen molar-refractivity contribution in [2.24, 2.45) is 23.5 Å². The monoisotopic (exact) mass is 398 g/mol. The topological polar surface area (TPSA) is 134 Å². The van der Waals surface area contributed by atoms with Crippen LogP contribution in [0.4, 0.5) is 0 Å². The van der Waals surface area contributed by atoms with E-state index in [0.717, 1.165) is 25.7 Å². The van der Waals surface area contributed by atoms with E-state index in [1.165, 1.54) is 13.3 Å². The SMILES string of the molecule is CNC[C@H](NC(=O)[C@@H](NC(=O)C(CN)C1CCCCC1)[C@H](C)O)C(=O)C(C)C. The number of hydrogen-bond acceptors (Lipinski definition) is 6. The van der Waals surface area contributed by atoms with Crippen LogP contribution in [0.5, 0.6) is 0 Å². The summed E-state index contributed by atoms with van der Waals surface area (Å²) in [6.07, 6.45) is 4.14. The van der Waals surface area contributed by atoms with Crippen molar-refractivity contribution in [3.63, 3.8) is 0 Å². The van der Waals surface area contributed by atoms with Gasteiger partial charge in [0.05, 0.1) is 12.0 Å². The van der Waals surface area contributed by atoms with Gasteiger partial charge >= 0.3 is 0 Å². The molecule has 0 aliphatic heterocycles. The molecule has 0 aromatic carbocycles. The third kappa shape index (κ3) is 7.14. The van der Waals surface area contributed by atoms with Gasteiger partial charge in [0.1, 0.15) is 12.1 Å². The van der Waals surface area contributed by atoms with E-state index in [-0.39, 0.29) is 42.5 Å². The first kappa shape index (κ1) is 24.5. The molecule has 1 aliphatic rings. The Morgan fingerprint density at radius 3 is 2.11 bits per heavy atom. The number of nitrogens with one attached hydrogen (secondary N) is 3. The second kappa shape index (κ2) is 12.1. The fourth-order valence-corrected chi connectivity index (χ4v) is 3.81. The summed E-state index contributed by atoms with van der Waals surface area (Å²) >= 11 is 0. The molecule has 8 heteroatoms. The molecular formula is C20H38N4O4. The van der Waals surface area contributed by atoms with Gasteiger partial charge in [0, 0.05) is 19.0 Å². The van der Waals surface area contributed by atoms with Crippen molar-refractivity contribution in [2.75, 3.05) is 20.1 Å². The van der Waals surface area contributed by atoms with E-state index in [2.05, 4.69) is 16.0 Å². The standard InChI is InChI=1S/C20H38N4O4/c1-12(2)18(26)16(11-22-4)23-20(28)17(13(3)25)24-19(27)15(10-21)14-8-6-5-7-9-14/h12-17,22,25H,5-11,21H2,1-4H3,(H,23,28)(H,24,27)/t13-,15?,16-,17-/m0/s1. The summed E-state index contributed by atoms with van der Waals surface area (Å²) < 4.78 is 0. The average Bonchev–Trinajstić information content (AvgIpc) is 2.66. The van der Waals surface area contributed by atoms with Gasteiger partial charge in [-0.15, -0.1) is 0 Å². The van der Waals surface area contributed by atoms with Crippen molar-refractivity contribution < 1.29 is 19.5 Å². The van der Waals surface area contributed by atoms with Gasteiger partial charge in [-0.05, 0) is 32.7 Å². The molecule has 0 aromatic heterocycles. The van der Waals surface area contributed by atoms with Gasteiger partial charge in [-0.3, -0.25) is 14.4 Å². The molecule has 8 nitrogen and oxygen atoms in total. The summed E-state index contributed by atoms with van der Waals surface area (Å²) in [7, 11) is 1.69. The minimum absolute atomic E-state index is 0.111. The molecule has 1 rings (SSSR count). The van der Waals surface area contributed by atoms with Gasteiger partial charge in [-0.2, -0.15) is 0 Å². The highest BCUT2D eigenvalue weighted by molar-refractivity contribution is 5.94. The van der Waals surface area contributed by atoms with E-state index >= 15 is 0 Å². The van der Waals surface area contributed by atoms with Crippen molar-refractivity contribution in [3.05, 3.63) is 0 Å². The molecule has 1 unspecified atom stereocenters. The number of Topliss-reactive ketones (excluding diaryl/α,β-unsaturated/α-hetero) is 1. The van der Waals surface area contributed by atoms with Gasteiger partial charge in [-0.25, -0.2) is 0 Å². The summed E-state index contributed by atoms with van der Waals surface area (Å²) in [6, 6.07) is -1.86. The molecule has 0 saturated heterocycles. The van der Waals surface area contributed by atoms with Gasteiger partial charge in [-0.1, -0.05) is 33.1 Å². The largest absolute Gasteiger partial charge is 0.391 e. The normalized spacial score (nSPS) is 19.5. The minimum atomic E-state index is -1.13. The average molecular weight is 399 g/mol. The van der Waals surface area contributed by atoms with Crippen molar-refractivity contribution in [3.8, 4) is 0 Å². The summed E-state index contributed by atoms with van der Waals surface area (Å²) in [5, 5.41) is 18.3. The van der Waals surface area contributed by atoms with Crippen LogP contribution in [-0.4, -0.2) is 61.0 Å². The van der Waals surface area contributed by atoms with Crippen LogP contribution in [0.3, 0.4) is 0 Å². The zero-order valence-corrected chi connectivity index (χ0v) is 17.7. The molecule has 0 radical (unpaired) electrons. The predicted molar refractivity (Wildman–Crippen MR) is 108 cm³/mol. The van der Waals surface area contributed by atoms with E-state index < -0.39 is 24.1 Å². The number of carbonyl (C=O) groups excluding carboxylic acids is 3. The Balaban J connectivity index is 2.82. The Morgan fingerprint density at radius 2 is 1.64 bits per heavy atom. The maximum absolute atomic E-state index is 12.8. The zero-order chi connectivity index (χ0) is 21.3. The molecule has 1 fully saturated rings. The number of hydrogen-bond donors (Lipinski definition) is 5. The van der Waals surface area contributed by atoms with Gasteiger partial charge in [0.15, 0.2) is 5.78 Å². The van der Waals surface area contributed by atoms with Crippen LogP contribution >= 0.6 is 0 Å². The Kier molecular flexibility index (Phi) is 10.6. The number of amides is 2. The van der Waals surface area contributed by atoms with E-state index in [1.807, 2.05) is 0 Å².